The van der Waals surface area contributed by atoms with Crippen LogP contribution in [0.15, 0.2) is 48.0 Å². The fourth-order valence-electron chi connectivity index (χ4n) is 3.64. The van der Waals surface area contributed by atoms with Crippen LogP contribution in [0.4, 0.5) is 0 Å². The van der Waals surface area contributed by atoms with E-state index in [1.807, 2.05) is 18.7 Å². The van der Waals surface area contributed by atoms with Crippen LogP contribution in [0.2, 0.25) is 0 Å². The van der Waals surface area contributed by atoms with Crippen molar-refractivity contribution in [1.29, 1.82) is 0 Å². The molecule has 2 heterocycles. The molecular formula is C22H34N6. The summed E-state index contributed by atoms with van der Waals surface area (Å²) in [7, 11) is 0. The standard InChI is InChI=1S/C22H34N6/c1-3-12-27-13-9-21(10-14-27)26-22(24-4-2)25-16-19-5-7-20(8-6-19)17-28-15-11-23-18-28/h5-8,11,15,18,21H,3-4,9-10,12-14,16-17H2,1-2H3,(H2,24,25,26). The Balaban J connectivity index is 1.51. The molecule has 0 saturated carbocycles. The van der Waals surface area contributed by atoms with Crippen molar-refractivity contribution in [3.63, 3.8) is 0 Å². The molecule has 1 aliphatic rings. The highest BCUT2D eigenvalue weighted by Crippen LogP contribution is 2.11. The number of imidazole rings is 1. The van der Waals surface area contributed by atoms with Crippen LogP contribution in [-0.2, 0) is 13.1 Å². The highest BCUT2D eigenvalue weighted by Gasteiger charge is 2.19. The Morgan fingerprint density at radius 3 is 2.54 bits per heavy atom. The van der Waals surface area contributed by atoms with Gasteiger partial charge in [0.15, 0.2) is 5.96 Å². The number of rotatable bonds is 8. The van der Waals surface area contributed by atoms with Crippen LogP contribution in [0, 0.1) is 0 Å². The number of hydrogen-bond acceptors (Lipinski definition) is 3. The first-order valence-electron chi connectivity index (χ1n) is 10.6. The minimum Gasteiger partial charge on any atom is -0.357 e. The quantitative estimate of drug-likeness (QED) is 0.544. The number of likely N-dealkylation sites (tertiary alicyclic amines) is 1. The second-order valence-corrected chi connectivity index (χ2v) is 7.51. The first kappa shape index (κ1) is 20.4. The van der Waals surface area contributed by atoms with Crippen molar-refractivity contribution in [3.05, 3.63) is 54.1 Å². The lowest BCUT2D eigenvalue weighted by molar-refractivity contribution is 0.206. The molecule has 1 fully saturated rings. The molecule has 0 radical (unpaired) electrons. The van der Waals surface area contributed by atoms with Crippen molar-refractivity contribution in [3.8, 4) is 0 Å². The van der Waals surface area contributed by atoms with Crippen molar-refractivity contribution in [2.24, 2.45) is 4.99 Å². The molecule has 0 aliphatic carbocycles. The highest BCUT2D eigenvalue weighted by molar-refractivity contribution is 5.80. The summed E-state index contributed by atoms with van der Waals surface area (Å²) in [6, 6.07) is 9.21. The predicted molar refractivity (Wildman–Crippen MR) is 115 cm³/mol. The SMILES string of the molecule is CCCN1CCC(NC(=NCc2ccc(Cn3ccnc3)cc2)NCC)CC1. The number of benzene rings is 1. The van der Waals surface area contributed by atoms with Crippen molar-refractivity contribution >= 4 is 5.96 Å². The molecule has 0 unspecified atom stereocenters. The summed E-state index contributed by atoms with van der Waals surface area (Å²) >= 11 is 0. The van der Waals surface area contributed by atoms with E-state index < -0.39 is 0 Å². The van der Waals surface area contributed by atoms with Crippen molar-refractivity contribution < 1.29 is 0 Å². The van der Waals surface area contributed by atoms with Crippen LogP contribution in [0.5, 0.6) is 0 Å². The average molecular weight is 383 g/mol. The van der Waals surface area contributed by atoms with E-state index in [1.165, 1.54) is 50.0 Å². The van der Waals surface area contributed by atoms with Crippen LogP contribution < -0.4 is 10.6 Å². The zero-order chi connectivity index (χ0) is 19.6. The zero-order valence-corrected chi connectivity index (χ0v) is 17.3. The molecule has 3 rings (SSSR count). The van der Waals surface area contributed by atoms with E-state index >= 15 is 0 Å². The Bertz CT molecular complexity index is 699. The molecule has 6 heteroatoms. The van der Waals surface area contributed by atoms with Crippen LogP contribution in [0.1, 0.15) is 44.2 Å². The first-order valence-corrected chi connectivity index (χ1v) is 10.6. The number of piperidine rings is 1. The second kappa shape index (κ2) is 10.9. The van der Waals surface area contributed by atoms with Gasteiger partial charge in [0.25, 0.3) is 0 Å². The van der Waals surface area contributed by atoms with Gasteiger partial charge in [0, 0.05) is 44.6 Å². The van der Waals surface area contributed by atoms with Gasteiger partial charge in [-0.3, -0.25) is 0 Å². The molecule has 0 atom stereocenters. The summed E-state index contributed by atoms with van der Waals surface area (Å²) in [5.74, 6) is 0.930. The van der Waals surface area contributed by atoms with E-state index in [0.29, 0.717) is 12.6 Å². The molecule has 2 N–H and O–H groups in total. The zero-order valence-electron chi connectivity index (χ0n) is 17.3. The maximum atomic E-state index is 4.80. The van der Waals surface area contributed by atoms with Crippen LogP contribution in [0.25, 0.3) is 0 Å². The smallest absolute Gasteiger partial charge is 0.191 e. The van der Waals surface area contributed by atoms with Crippen molar-refractivity contribution in [2.45, 2.75) is 52.2 Å². The Morgan fingerprint density at radius 1 is 1.14 bits per heavy atom. The maximum absolute atomic E-state index is 4.80. The summed E-state index contributed by atoms with van der Waals surface area (Å²) in [4.78, 5) is 11.5. The minimum atomic E-state index is 0.517. The van der Waals surface area contributed by atoms with Gasteiger partial charge in [0.2, 0.25) is 0 Å². The second-order valence-electron chi connectivity index (χ2n) is 7.51. The fraction of sp³-hybridized carbons (Fsp3) is 0.545. The van der Waals surface area contributed by atoms with E-state index in [0.717, 1.165) is 19.0 Å². The third-order valence-corrected chi connectivity index (χ3v) is 5.18. The number of guanidine groups is 1. The normalized spacial score (nSPS) is 16.3. The third kappa shape index (κ3) is 6.37. The van der Waals surface area contributed by atoms with E-state index in [4.69, 9.17) is 4.99 Å². The monoisotopic (exact) mass is 382 g/mol. The molecule has 1 aliphatic heterocycles. The lowest BCUT2D eigenvalue weighted by Gasteiger charge is -2.32. The topological polar surface area (TPSA) is 57.5 Å². The Kier molecular flexibility index (Phi) is 7.91. The van der Waals surface area contributed by atoms with E-state index in [-0.39, 0.29) is 0 Å². The summed E-state index contributed by atoms with van der Waals surface area (Å²) < 4.78 is 2.08. The number of hydrogen-bond donors (Lipinski definition) is 2. The third-order valence-electron chi connectivity index (χ3n) is 5.18. The fourth-order valence-corrected chi connectivity index (χ4v) is 3.64. The molecule has 0 spiro atoms. The van der Waals surface area contributed by atoms with Crippen molar-refractivity contribution in [2.75, 3.05) is 26.2 Å². The maximum Gasteiger partial charge on any atom is 0.191 e. The molecule has 28 heavy (non-hydrogen) atoms. The van der Waals surface area contributed by atoms with Crippen LogP contribution in [0.3, 0.4) is 0 Å². The van der Waals surface area contributed by atoms with Gasteiger partial charge in [-0.25, -0.2) is 9.98 Å². The number of nitrogens with one attached hydrogen (secondary N) is 2. The Morgan fingerprint density at radius 2 is 1.89 bits per heavy atom. The number of nitrogens with zero attached hydrogens (tertiary/aromatic N) is 4. The van der Waals surface area contributed by atoms with Crippen LogP contribution in [-0.4, -0.2) is 52.6 Å². The van der Waals surface area contributed by atoms with Gasteiger partial charge in [0.1, 0.15) is 0 Å². The molecule has 1 aromatic heterocycles. The lowest BCUT2D eigenvalue weighted by Crippen LogP contribution is -2.48. The lowest BCUT2D eigenvalue weighted by atomic mass is 10.1. The molecule has 1 aromatic carbocycles. The van der Waals surface area contributed by atoms with Crippen molar-refractivity contribution in [1.82, 2.24) is 25.1 Å². The van der Waals surface area contributed by atoms with Gasteiger partial charge < -0.3 is 20.1 Å². The molecule has 0 bridgehead atoms. The van der Waals surface area contributed by atoms with Gasteiger partial charge in [0.05, 0.1) is 12.9 Å². The minimum absolute atomic E-state index is 0.517. The summed E-state index contributed by atoms with van der Waals surface area (Å²) in [5.41, 5.74) is 2.50. The molecule has 2 aromatic rings. The van der Waals surface area contributed by atoms with E-state index in [9.17, 15) is 0 Å². The predicted octanol–water partition coefficient (Wildman–Crippen LogP) is 2.86. The molecular weight excluding hydrogens is 348 g/mol. The number of aromatic nitrogens is 2. The Hall–Kier alpha value is -2.34. The Labute approximate surface area is 169 Å². The van der Waals surface area contributed by atoms with Gasteiger partial charge >= 0.3 is 0 Å². The molecule has 6 nitrogen and oxygen atoms in total. The van der Waals surface area contributed by atoms with Crippen LogP contribution >= 0.6 is 0 Å². The molecule has 0 amide bonds. The van der Waals surface area contributed by atoms with E-state index in [1.54, 1.807) is 0 Å². The number of aliphatic imine (C=N–C) groups is 1. The molecule has 1 saturated heterocycles. The summed E-state index contributed by atoms with van der Waals surface area (Å²) in [6.45, 7) is 10.4. The largest absolute Gasteiger partial charge is 0.357 e. The van der Waals surface area contributed by atoms with Gasteiger partial charge in [-0.05, 0) is 43.9 Å². The van der Waals surface area contributed by atoms with E-state index in [2.05, 4.69) is 63.2 Å². The average Bonchev–Trinajstić information content (AvgIpc) is 3.22. The highest BCUT2D eigenvalue weighted by atomic mass is 15.2. The van der Waals surface area contributed by atoms with Gasteiger partial charge in [-0.2, -0.15) is 0 Å². The summed E-state index contributed by atoms with van der Waals surface area (Å²) in [6.07, 6.45) is 9.26. The van der Waals surface area contributed by atoms with Gasteiger partial charge in [-0.15, -0.1) is 0 Å². The first-order chi connectivity index (χ1) is 13.8. The molecule has 152 valence electrons. The summed E-state index contributed by atoms with van der Waals surface area (Å²) in [5, 5.41) is 7.03. The van der Waals surface area contributed by atoms with Gasteiger partial charge in [-0.1, -0.05) is 31.2 Å².